The number of hydrogen-bond donors (Lipinski definition) is 1. The molecule has 0 saturated carbocycles. The first-order valence-corrected chi connectivity index (χ1v) is 8.84. The molecule has 1 aromatic carbocycles. The molecule has 1 unspecified atom stereocenters. The molecule has 1 heterocycles. The molecule has 4 nitrogen and oxygen atoms in total. The van der Waals surface area contributed by atoms with E-state index in [1.54, 1.807) is 4.31 Å². The minimum Gasteiger partial charge on any atom is -0.330 e. The van der Waals surface area contributed by atoms with Crippen molar-refractivity contribution >= 4 is 22.4 Å². The van der Waals surface area contributed by atoms with Gasteiger partial charge in [-0.1, -0.05) is 13.0 Å². The number of sulfonamides is 1. The Morgan fingerprint density at radius 2 is 1.68 bits per heavy atom. The van der Waals surface area contributed by atoms with Gasteiger partial charge in [0.2, 0.25) is 10.0 Å². The molecule has 22 heavy (non-hydrogen) atoms. The zero-order chi connectivity index (χ0) is 16.0. The molecule has 1 aliphatic heterocycles. The van der Waals surface area contributed by atoms with Gasteiger partial charge < -0.3 is 5.73 Å². The summed E-state index contributed by atoms with van der Waals surface area (Å²) in [7, 11) is -3.45. The third-order valence-corrected chi connectivity index (χ3v) is 7.03. The average molecular weight is 347 g/mol. The van der Waals surface area contributed by atoms with E-state index in [1.165, 1.54) is 0 Å². The first-order chi connectivity index (χ1) is 9.62. The van der Waals surface area contributed by atoms with Gasteiger partial charge in [0.15, 0.2) is 0 Å². The first kappa shape index (κ1) is 19.4. The van der Waals surface area contributed by atoms with Gasteiger partial charge in [-0.3, -0.25) is 0 Å². The summed E-state index contributed by atoms with van der Waals surface area (Å²) in [4.78, 5) is 0.487. The summed E-state index contributed by atoms with van der Waals surface area (Å²) in [5.41, 5.74) is 9.47. The van der Waals surface area contributed by atoms with Crippen LogP contribution in [0.15, 0.2) is 11.0 Å². The van der Waals surface area contributed by atoms with Crippen LogP contribution in [0.4, 0.5) is 0 Å². The summed E-state index contributed by atoms with van der Waals surface area (Å²) in [6.07, 6.45) is 0.825. The molecule has 2 N–H and O–H groups in total. The van der Waals surface area contributed by atoms with Crippen LogP contribution in [-0.4, -0.2) is 32.4 Å². The molecule has 1 atom stereocenters. The van der Waals surface area contributed by atoms with Crippen LogP contribution in [0.3, 0.4) is 0 Å². The van der Waals surface area contributed by atoms with Crippen LogP contribution in [0.25, 0.3) is 0 Å². The third kappa shape index (κ3) is 3.18. The van der Waals surface area contributed by atoms with Gasteiger partial charge in [0.1, 0.15) is 0 Å². The fourth-order valence-corrected chi connectivity index (χ4v) is 5.21. The van der Waals surface area contributed by atoms with Gasteiger partial charge in [-0.15, -0.1) is 12.4 Å². The molecular formula is C16H27ClN2O2S. The summed E-state index contributed by atoms with van der Waals surface area (Å²) in [5.74, 6) is 0. The van der Waals surface area contributed by atoms with Gasteiger partial charge in [0, 0.05) is 13.1 Å². The van der Waals surface area contributed by atoms with Gasteiger partial charge in [0.25, 0.3) is 0 Å². The average Bonchev–Trinajstić information content (AvgIpc) is 2.81. The van der Waals surface area contributed by atoms with Crippen molar-refractivity contribution in [1.29, 1.82) is 0 Å². The maximum absolute atomic E-state index is 13.1. The zero-order valence-electron chi connectivity index (χ0n) is 14.1. The predicted octanol–water partition coefficient (Wildman–Crippen LogP) is 2.70. The minimum atomic E-state index is -3.45. The predicted molar refractivity (Wildman–Crippen MR) is 93.2 cm³/mol. The van der Waals surface area contributed by atoms with Crippen molar-refractivity contribution in [2.24, 2.45) is 11.1 Å². The monoisotopic (exact) mass is 346 g/mol. The molecule has 1 aromatic rings. The van der Waals surface area contributed by atoms with Crippen LogP contribution in [0.5, 0.6) is 0 Å². The maximum Gasteiger partial charge on any atom is 0.243 e. The Kier molecular flexibility index (Phi) is 5.72. The molecule has 0 aliphatic carbocycles. The van der Waals surface area contributed by atoms with Crippen molar-refractivity contribution in [3.63, 3.8) is 0 Å². The standard InChI is InChI=1S/C16H26N2O2S.ClH/c1-11-8-12(2)14(4)15(13(11)3)21(19,20)18-7-6-16(5,9-17)10-18;/h8H,6-7,9-10,17H2,1-5H3;1H. The van der Waals surface area contributed by atoms with E-state index in [-0.39, 0.29) is 17.8 Å². The molecule has 0 aromatic heterocycles. The molecule has 0 spiro atoms. The fourth-order valence-electron chi connectivity index (χ4n) is 3.05. The van der Waals surface area contributed by atoms with Crippen molar-refractivity contribution in [3.8, 4) is 0 Å². The highest BCUT2D eigenvalue weighted by Crippen LogP contribution is 2.35. The van der Waals surface area contributed by atoms with Crippen LogP contribution >= 0.6 is 12.4 Å². The number of hydrogen-bond acceptors (Lipinski definition) is 3. The number of halogens is 1. The van der Waals surface area contributed by atoms with E-state index in [0.717, 1.165) is 28.7 Å². The van der Waals surface area contributed by atoms with E-state index < -0.39 is 10.0 Å². The highest BCUT2D eigenvalue weighted by atomic mass is 35.5. The largest absolute Gasteiger partial charge is 0.330 e. The van der Waals surface area contributed by atoms with E-state index in [2.05, 4.69) is 13.0 Å². The van der Waals surface area contributed by atoms with Crippen molar-refractivity contribution in [1.82, 2.24) is 4.31 Å². The lowest BCUT2D eigenvalue weighted by Gasteiger charge is -2.24. The number of nitrogens with zero attached hydrogens (tertiary/aromatic N) is 1. The topological polar surface area (TPSA) is 63.4 Å². The lowest BCUT2D eigenvalue weighted by atomic mass is 9.90. The van der Waals surface area contributed by atoms with Gasteiger partial charge in [-0.2, -0.15) is 4.31 Å². The number of aryl methyl sites for hydroxylation is 2. The Hall–Kier alpha value is -0.620. The quantitative estimate of drug-likeness (QED) is 0.915. The minimum absolute atomic E-state index is 0. The van der Waals surface area contributed by atoms with Gasteiger partial charge >= 0.3 is 0 Å². The lowest BCUT2D eigenvalue weighted by Crippen LogP contribution is -2.35. The van der Waals surface area contributed by atoms with Gasteiger partial charge in [0.05, 0.1) is 4.90 Å². The first-order valence-electron chi connectivity index (χ1n) is 7.40. The Bertz CT molecular complexity index is 647. The van der Waals surface area contributed by atoms with Crippen LogP contribution in [0.1, 0.15) is 35.6 Å². The molecule has 1 fully saturated rings. The Morgan fingerprint density at radius 3 is 2.09 bits per heavy atom. The molecule has 2 rings (SSSR count). The molecule has 0 radical (unpaired) electrons. The second-order valence-electron chi connectivity index (χ2n) is 6.69. The molecule has 6 heteroatoms. The maximum atomic E-state index is 13.1. The Labute approximate surface area is 140 Å². The molecule has 0 bridgehead atoms. The van der Waals surface area contributed by atoms with E-state index in [1.807, 2.05) is 27.7 Å². The summed E-state index contributed by atoms with van der Waals surface area (Å²) in [6.45, 7) is 11.4. The molecule has 126 valence electrons. The van der Waals surface area contributed by atoms with Gasteiger partial charge in [-0.25, -0.2) is 8.42 Å². The molecule has 1 saturated heterocycles. The van der Waals surface area contributed by atoms with Crippen molar-refractivity contribution < 1.29 is 8.42 Å². The zero-order valence-corrected chi connectivity index (χ0v) is 15.7. The smallest absolute Gasteiger partial charge is 0.243 e. The molecular weight excluding hydrogens is 320 g/mol. The van der Waals surface area contributed by atoms with E-state index in [9.17, 15) is 8.42 Å². The van der Waals surface area contributed by atoms with Gasteiger partial charge in [-0.05, 0) is 68.3 Å². The third-order valence-electron chi connectivity index (χ3n) is 4.91. The summed E-state index contributed by atoms with van der Waals surface area (Å²) in [6, 6.07) is 2.05. The lowest BCUT2D eigenvalue weighted by molar-refractivity contribution is 0.349. The van der Waals surface area contributed by atoms with Crippen molar-refractivity contribution in [3.05, 3.63) is 28.3 Å². The summed E-state index contributed by atoms with van der Waals surface area (Å²) >= 11 is 0. The highest BCUT2D eigenvalue weighted by molar-refractivity contribution is 7.89. The van der Waals surface area contributed by atoms with E-state index >= 15 is 0 Å². The van der Waals surface area contributed by atoms with Crippen LogP contribution in [0.2, 0.25) is 0 Å². The fraction of sp³-hybridized carbons (Fsp3) is 0.625. The Morgan fingerprint density at radius 1 is 1.18 bits per heavy atom. The van der Waals surface area contributed by atoms with Crippen molar-refractivity contribution in [2.45, 2.75) is 45.9 Å². The van der Waals surface area contributed by atoms with Crippen LogP contribution in [0, 0.1) is 33.1 Å². The number of rotatable bonds is 3. The molecule has 1 aliphatic rings. The summed E-state index contributed by atoms with van der Waals surface area (Å²) < 4.78 is 27.7. The normalized spacial score (nSPS) is 22.6. The van der Waals surface area contributed by atoms with Crippen LogP contribution < -0.4 is 5.73 Å². The Balaban J connectivity index is 0.00000242. The van der Waals surface area contributed by atoms with Crippen molar-refractivity contribution in [2.75, 3.05) is 19.6 Å². The summed E-state index contributed by atoms with van der Waals surface area (Å²) in [5, 5.41) is 0. The van der Waals surface area contributed by atoms with Crippen LogP contribution in [-0.2, 0) is 10.0 Å². The second kappa shape index (κ2) is 6.48. The number of nitrogens with two attached hydrogens (primary N) is 1. The van der Waals surface area contributed by atoms with E-state index in [0.29, 0.717) is 24.5 Å². The van der Waals surface area contributed by atoms with E-state index in [4.69, 9.17) is 5.73 Å². The highest BCUT2D eigenvalue weighted by Gasteiger charge is 2.40. The second-order valence-corrected chi connectivity index (χ2v) is 8.57. The SMILES string of the molecule is Cc1cc(C)c(C)c(S(=O)(=O)N2CCC(C)(CN)C2)c1C.Cl. The molecule has 0 amide bonds. The number of benzene rings is 1.